The Morgan fingerprint density at radius 3 is 2.71 bits per heavy atom. The molecule has 2 aliphatic rings. The summed E-state index contributed by atoms with van der Waals surface area (Å²) in [5.41, 5.74) is 0. The van der Waals surface area contributed by atoms with Crippen LogP contribution in [0.1, 0.15) is 25.7 Å². The first-order valence-corrected chi connectivity index (χ1v) is 6.54. The van der Waals surface area contributed by atoms with Crippen molar-refractivity contribution in [3.8, 4) is 0 Å². The molecule has 2 fully saturated rings. The average molecular weight is 234 g/mol. The van der Waals surface area contributed by atoms with Gasteiger partial charge in [-0.1, -0.05) is 12.2 Å². The Kier molecular flexibility index (Phi) is 4.00. The van der Waals surface area contributed by atoms with Crippen molar-refractivity contribution >= 4 is 5.91 Å². The summed E-state index contributed by atoms with van der Waals surface area (Å²) < 4.78 is 0. The summed E-state index contributed by atoms with van der Waals surface area (Å²) >= 11 is 0. The molecule has 0 radical (unpaired) electrons. The summed E-state index contributed by atoms with van der Waals surface area (Å²) in [5.74, 6) is 0.729. The van der Waals surface area contributed by atoms with E-state index in [4.69, 9.17) is 0 Å². The largest absolute Gasteiger partial charge is 0.340 e. The summed E-state index contributed by atoms with van der Waals surface area (Å²) in [6.45, 7) is 9.70. The van der Waals surface area contributed by atoms with E-state index in [1.807, 2.05) is 6.08 Å². The molecule has 2 heterocycles. The molecule has 17 heavy (non-hydrogen) atoms. The van der Waals surface area contributed by atoms with Gasteiger partial charge in [0, 0.05) is 13.1 Å². The maximum Gasteiger partial charge on any atom is 0.228 e. The van der Waals surface area contributed by atoms with E-state index in [2.05, 4.69) is 23.4 Å². The summed E-state index contributed by atoms with van der Waals surface area (Å²) in [7, 11) is 0. The summed E-state index contributed by atoms with van der Waals surface area (Å²) in [5, 5.41) is 3.15. The molecule has 1 amide bonds. The van der Waals surface area contributed by atoms with E-state index in [9.17, 15) is 4.79 Å². The second kappa shape index (κ2) is 5.50. The highest BCUT2D eigenvalue weighted by Crippen LogP contribution is 2.24. The van der Waals surface area contributed by atoms with Gasteiger partial charge in [-0.15, -0.1) is 13.2 Å². The van der Waals surface area contributed by atoms with Crippen LogP contribution in [0, 0.1) is 11.8 Å². The molecule has 0 aromatic rings. The molecule has 94 valence electrons. The molecular formula is C14H22N2O. The monoisotopic (exact) mass is 234 g/mol. The number of likely N-dealkylation sites (tertiary alicyclic amines) is 1. The molecule has 2 aliphatic heterocycles. The normalized spacial score (nSPS) is 35.1. The lowest BCUT2D eigenvalue weighted by Gasteiger charge is -2.27. The van der Waals surface area contributed by atoms with Crippen molar-refractivity contribution in [2.75, 3.05) is 13.1 Å². The van der Waals surface area contributed by atoms with Crippen molar-refractivity contribution in [2.24, 2.45) is 11.8 Å². The Hall–Kier alpha value is -1.09. The molecule has 3 unspecified atom stereocenters. The summed E-state index contributed by atoms with van der Waals surface area (Å²) in [4.78, 5) is 14.3. The Morgan fingerprint density at radius 1 is 1.24 bits per heavy atom. The SMILES string of the molecule is C=CC1CCN(C2CCCC(C=C)C(=O)N2)C1. The lowest BCUT2D eigenvalue weighted by molar-refractivity contribution is -0.124. The first-order chi connectivity index (χ1) is 8.24. The lowest BCUT2D eigenvalue weighted by atomic mass is 10.0. The van der Waals surface area contributed by atoms with Crippen molar-refractivity contribution < 1.29 is 4.79 Å². The Labute approximate surface area is 104 Å². The molecule has 0 aromatic carbocycles. The maximum atomic E-state index is 11.9. The van der Waals surface area contributed by atoms with Gasteiger partial charge in [0.05, 0.1) is 12.1 Å². The van der Waals surface area contributed by atoms with E-state index in [0.717, 1.165) is 32.4 Å². The number of rotatable bonds is 3. The second-order valence-electron chi connectivity index (χ2n) is 5.08. The van der Waals surface area contributed by atoms with Crippen molar-refractivity contribution in [1.29, 1.82) is 0 Å². The fourth-order valence-electron chi connectivity index (χ4n) is 2.80. The van der Waals surface area contributed by atoms with Gasteiger partial charge in [-0.25, -0.2) is 0 Å². The molecule has 3 nitrogen and oxygen atoms in total. The number of nitrogens with one attached hydrogen (secondary N) is 1. The third kappa shape index (κ3) is 2.78. The molecule has 3 atom stereocenters. The molecule has 0 spiro atoms. The smallest absolute Gasteiger partial charge is 0.228 e. The van der Waals surface area contributed by atoms with Crippen LogP contribution in [0.3, 0.4) is 0 Å². The van der Waals surface area contributed by atoms with Crippen LogP contribution in [-0.2, 0) is 4.79 Å². The van der Waals surface area contributed by atoms with Gasteiger partial charge >= 0.3 is 0 Å². The third-order valence-corrected chi connectivity index (χ3v) is 3.95. The summed E-state index contributed by atoms with van der Waals surface area (Å²) in [6, 6.07) is 0. The van der Waals surface area contributed by atoms with E-state index < -0.39 is 0 Å². The minimum Gasteiger partial charge on any atom is -0.340 e. The van der Waals surface area contributed by atoms with Crippen molar-refractivity contribution in [3.05, 3.63) is 25.3 Å². The van der Waals surface area contributed by atoms with Gasteiger partial charge in [-0.2, -0.15) is 0 Å². The zero-order valence-corrected chi connectivity index (χ0v) is 10.4. The van der Waals surface area contributed by atoms with Crippen molar-refractivity contribution in [3.63, 3.8) is 0 Å². The van der Waals surface area contributed by atoms with Crippen molar-refractivity contribution in [2.45, 2.75) is 31.8 Å². The Balaban J connectivity index is 1.96. The van der Waals surface area contributed by atoms with E-state index in [0.29, 0.717) is 5.92 Å². The van der Waals surface area contributed by atoms with Gasteiger partial charge in [-0.3, -0.25) is 9.69 Å². The minimum atomic E-state index is -0.00203. The first kappa shape index (κ1) is 12.4. The Morgan fingerprint density at radius 2 is 2.06 bits per heavy atom. The number of nitrogens with zero attached hydrogens (tertiary/aromatic N) is 1. The van der Waals surface area contributed by atoms with Gasteiger partial charge in [0.15, 0.2) is 0 Å². The number of hydrogen-bond donors (Lipinski definition) is 1. The molecule has 2 saturated heterocycles. The number of carbonyl (C=O) groups is 1. The molecular weight excluding hydrogens is 212 g/mol. The van der Waals surface area contributed by atoms with Crippen molar-refractivity contribution in [1.82, 2.24) is 10.2 Å². The number of amides is 1. The van der Waals surface area contributed by atoms with E-state index >= 15 is 0 Å². The first-order valence-electron chi connectivity index (χ1n) is 6.54. The van der Waals surface area contributed by atoms with Gasteiger partial charge < -0.3 is 5.32 Å². The predicted octanol–water partition coefficient (Wildman–Crippen LogP) is 1.92. The van der Waals surface area contributed by atoms with Gasteiger partial charge in [0.25, 0.3) is 0 Å². The molecule has 3 heteroatoms. The van der Waals surface area contributed by atoms with Crippen LogP contribution in [0.25, 0.3) is 0 Å². The lowest BCUT2D eigenvalue weighted by Crippen LogP contribution is -2.47. The highest BCUT2D eigenvalue weighted by atomic mass is 16.2. The zero-order chi connectivity index (χ0) is 12.3. The highest BCUT2D eigenvalue weighted by molar-refractivity contribution is 5.80. The fraction of sp³-hybridized carbons (Fsp3) is 0.643. The van der Waals surface area contributed by atoms with Gasteiger partial charge in [0.1, 0.15) is 0 Å². The number of hydrogen-bond acceptors (Lipinski definition) is 2. The standard InChI is InChI=1S/C14H22N2O/c1-3-11-8-9-16(10-11)13-7-5-6-12(4-2)14(17)15-13/h3-4,11-13H,1-2,5-10H2,(H,15,17). The van der Waals surface area contributed by atoms with Crippen LogP contribution in [0.4, 0.5) is 0 Å². The molecule has 0 aromatic heterocycles. The molecule has 2 rings (SSSR count). The zero-order valence-electron chi connectivity index (χ0n) is 10.4. The van der Waals surface area contributed by atoms with Gasteiger partial charge in [0.2, 0.25) is 5.91 Å². The van der Waals surface area contributed by atoms with E-state index in [1.54, 1.807) is 6.08 Å². The molecule has 0 saturated carbocycles. The van der Waals surface area contributed by atoms with Crippen LogP contribution in [0.5, 0.6) is 0 Å². The topological polar surface area (TPSA) is 32.3 Å². The Bertz CT molecular complexity index is 313. The third-order valence-electron chi connectivity index (χ3n) is 3.95. The van der Waals surface area contributed by atoms with E-state index in [1.165, 1.54) is 6.42 Å². The van der Waals surface area contributed by atoms with Crippen LogP contribution in [0.15, 0.2) is 25.3 Å². The predicted molar refractivity (Wildman–Crippen MR) is 69.3 cm³/mol. The van der Waals surface area contributed by atoms with Crippen LogP contribution < -0.4 is 5.32 Å². The molecule has 0 bridgehead atoms. The van der Waals surface area contributed by atoms with Crippen LogP contribution >= 0.6 is 0 Å². The minimum absolute atomic E-state index is 0.00203. The quantitative estimate of drug-likeness (QED) is 0.757. The summed E-state index contributed by atoms with van der Waals surface area (Å²) in [6.07, 6.45) is 8.28. The van der Waals surface area contributed by atoms with E-state index in [-0.39, 0.29) is 18.0 Å². The van der Waals surface area contributed by atoms with Gasteiger partial charge in [-0.05, 0) is 31.6 Å². The number of carbonyl (C=O) groups excluding carboxylic acids is 1. The highest BCUT2D eigenvalue weighted by Gasteiger charge is 2.30. The fourth-order valence-corrected chi connectivity index (χ4v) is 2.80. The molecule has 1 N–H and O–H groups in total. The second-order valence-corrected chi connectivity index (χ2v) is 5.08. The maximum absolute atomic E-state index is 11.9. The van der Waals surface area contributed by atoms with Crippen LogP contribution in [-0.4, -0.2) is 30.1 Å². The average Bonchev–Trinajstić information content (AvgIpc) is 2.73. The van der Waals surface area contributed by atoms with Crippen LogP contribution in [0.2, 0.25) is 0 Å². The molecule has 0 aliphatic carbocycles.